The second-order valence-electron chi connectivity index (χ2n) is 4.15. The van der Waals surface area contributed by atoms with E-state index in [0.29, 0.717) is 10.7 Å². The lowest BCUT2D eigenvalue weighted by atomic mass is 10.3. The van der Waals surface area contributed by atoms with Crippen molar-refractivity contribution >= 4 is 38.6 Å². The minimum Gasteiger partial charge on any atom is -0.278 e. The fourth-order valence-corrected chi connectivity index (χ4v) is 3.91. The van der Waals surface area contributed by atoms with Gasteiger partial charge >= 0.3 is 0 Å². The molecule has 0 radical (unpaired) electrons. The average molecular weight is 340 g/mol. The van der Waals surface area contributed by atoms with Crippen LogP contribution in [0, 0.1) is 0 Å². The molecule has 2 aromatic heterocycles. The van der Waals surface area contributed by atoms with Crippen LogP contribution in [0.5, 0.6) is 0 Å². The molecule has 3 rings (SSSR count). The summed E-state index contributed by atoms with van der Waals surface area (Å²) in [6.07, 6.45) is 1.45. The summed E-state index contributed by atoms with van der Waals surface area (Å²) < 4.78 is 28.8. The number of benzene rings is 1. The van der Waals surface area contributed by atoms with Crippen LogP contribution in [0.25, 0.3) is 5.00 Å². The van der Waals surface area contributed by atoms with Crippen molar-refractivity contribution in [1.29, 1.82) is 0 Å². The lowest BCUT2D eigenvalue weighted by molar-refractivity contribution is 0.592. The molecule has 0 aliphatic heterocycles. The summed E-state index contributed by atoms with van der Waals surface area (Å²) in [5.74, 6) is 0. The largest absolute Gasteiger partial charge is 0.279 e. The number of thiophene rings is 1. The lowest BCUT2D eigenvalue weighted by Crippen LogP contribution is -2.17. The maximum Gasteiger partial charge on any atom is 0.279 e. The monoisotopic (exact) mass is 339 g/mol. The number of nitrogens with one attached hydrogen (secondary N) is 1. The van der Waals surface area contributed by atoms with Crippen LogP contribution in [0.15, 0.2) is 59.1 Å². The number of nitrogens with zero attached hydrogens (tertiary/aromatic N) is 2. The maximum absolute atomic E-state index is 12.5. The van der Waals surface area contributed by atoms with Gasteiger partial charge in [0.05, 0.1) is 11.9 Å². The fraction of sp³-hybridized carbons (Fsp3) is 0. The third kappa shape index (κ3) is 2.94. The van der Waals surface area contributed by atoms with E-state index in [-0.39, 0.29) is 5.03 Å². The molecule has 0 spiro atoms. The molecule has 0 aliphatic carbocycles. The summed E-state index contributed by atoms with van der Waals surface area (Å²) in [7, 11) is -3.74. The van der Waals surface area contributed by atoms with Crippen LogP contribution in [0.4, 0.5) is 5.69 Å². The van der Waals surface area contributed by atoms with Crippen LogP contribution in [-0.4, -0.2) is 18.2 Å². The van der Waals surface area contributed by atoms with Crippen molar-refractivity contribution in [2.45, 2.75) is 5.03 Å². The molecule has 0 aliphatic rings. The smallest absolute Gasteiger partial charge is 0.278 e. The van der Waals surface area contributed by atoms with Crippen LogP contribution in [0.1, 0.15) is 0 Å². The highest BCUT2D eigenvalue weighted by Crippen LogP contribution is 2.22. The predicted octanol–water partition coefficient (Wildman–Crippen LogP) is 3.39. The van der Waals surface area contributed by atoms with E-state index in [1.165, 1.54) is 28.3 Å². The molecule has 2 heterocycles. The highest BCUT2D eigenvalue weighted by molar-refractivity contribution is 7.92. The highest BCUT2D eigenvalue weighted by Gasteiger charge is 2.21. The van der Waals surface area contributed by atoms with Crippen molar-refractivity contribution in [3.63, 3.8) is 0 Å². The number of halogens is 1. The molecule has 0 fully saturated rings. The molecule has 3 aromatic rings. The summed E-state index contributed by atoms with van der Waals surface area (Å²) in [4.78, 5) is 0. The normalized spacial score (nSPS) is 11.5. The van der Waals surface area contributed by atoms with E-state index < -0.39 is 10.0 Å². The first-order valence-corrected chi connectivity index (χ1v) is 8.67. The van der Waals surface area contributed by atoms with Crippen LogP contribution >= 0.6 is 22.9 Å². The first-order valence-electron chi connectivity index (χ1n) is 5.92. The summed E-state index contributed by atoms with van der Waals surface area (Å²) in [5, 5.41) is 7.19. The van der Waals surface area contributed by atoms with Crippen molar-refractivity contribution in [3.8, 4) is 5.00 Å². The number of hydrogen-bond donors (Lipinski definition) is 1. The summed E-state index contributed by atoms with van der Waals surface area (Å²) in [6, 6.07) is 11.6. The Morgan fingerprint density at radius 1 is 1.19 bits per heavy atom. The van der Waals surface area contributed by atoms with Gasteiger partial charge in [0.2, 0.25) is 0 Å². The van der Waals surface area contributed by atoms with Crippen molar-refractivity contribution in [1.82, 2.24) is 9.78 Å². The second-order valence-corrected chi connectivity index (χ2v) is 7.14. The summed E-state index contributed by atoms with van der Waals surface area (Å²) in [6.45, 7) is 0. The van der Waals surface area contributed by atoms with Gasteiger partial charge in [-0.15, -0.1) is 11.3 Å². The molecule has 21 heavy (non-hydrogen) atoms. The van der Waals surface area contributed by atoms with Gasteiger partial charge in [-0.2, -0.15) is 13.5 Å². The van der Waals surface area contributed by atoms with E-state index in [0.717, 1.165) is 5.00 Å². The van der Waals surface area contributed by atoms with Gasteiger partial charge in [-0.05, 0) is 41.8 Å². The van der Waals surface area contributed by atoms with Gasteiger partial charge in [-0.3, -0.25) is 4.72 Å². The highest BCUT2D eigenvalue weighted by atomic mass is 35.5. The van der Waals surface area contributed by atoms with Gasteiger partial charge in [0.15, 0.2) is 5.03 Å². The summed E-state index contributed by atoms with van der Waals surface area (Å²) in [5.41, 5.74) is 0.404. The third-order valence-corrected chi connectivity index (χ3v) is 5.12. The van der Waals surface area contributed by atoms with Gasteiger partial charge in [-0.25, -0.2) is 4.68 Å². The van der Waals surface area contributed by atoms with Gasteiger partial charge in [0, 0.05) is 5.02 Å². The SMILES string of the molecule is O=S(=O)(Nc1cccc(Cl)c1)c1ccnn1-c1cccs1. The number of sulfonamides is 1. The van der Waals surface area contributed by atoms with Crippen molar-refractivity contribution in [2.24, 2.45) is 0 Å². The Bertz CT molecular complexity index is 857. The van der Waals surface area contributed by atoms with Gasteiger partial charge in [0.25, 0.3) is 10.0 Å². The zero-order valence-electron chi connectivity index (χ0n) is 10.6. The van der Waals surface area contributed by atoms with Gasteiger partial charge < -0.3 is 0 Å². The van der Waals surface area contributed by atoms with Crippen molar-refractivity contribution < 1.29 is 8.42 Å². The minimum atomic E-state index is -3.74. The molecule has 8 heteroatoms. The Labute approximate surface area is 130 Å². The molecular weight excluding hydrogens is 330 g/mol. The quantitative estimate of drug-likeness (QED) is 0.792. The van der Waals surface area contributed by atoms with Gasteiger partial charge in [0.1, 0.15) is 5.00 Å². The Kier molecular flexibility index (Phi) is 3.71. The molecule has 0 amide bonds. The Balaban J connectivity index is 1.98. The van der Waals surface area contributed by atoms with E-state index >= 15 is 0 Å². The molecule has 5 nitrogen and oxygen atoms in total. The molecule has 0 saturated carbocycles. The molecule has 1 N–H and O–H groups in total. The average Bonchev–Trinajstić information content (AvgIpc) is 3.09. The maximum atomic E-state index is 12.5. The zero-order valence-corrected chi connectivity index (χ0v) is 13.0. The fourth-order valence-electron chi connectivity index (χ4n) is 1.81. The van der Waals surface area contributed by atoms with Crippen molar-refractivity contribution in [2.75, 3.05) is 4.72 Å². The molecule has 0 bridgehead atoms. The number of aromatic nitrogens is 2. The molecule has 1 aromatic carbocycles. The molecule has 0 saturated heterocycles. The first kappa shape index (κ1) is 14.1. The first-order chi connectivity index (χ1) is 10.1. The van der Waals surface area contributed by atoms with E-state index in [4.69, 9.17) is 11.6 Å². The topological polar surface area (TPSA) is 64.0 Å². The Morgan fingerprint density at radius 3 is 2.76 bits per heavy atom. The number of anilines is 1. The van der Waals surface area contributed by atoms with Crippen LogP contribution in [0.2, 0.25) is 5.02 Å². The van der Waals surface area contributed by atoms with Crippen LogP contribution < -0.4 is 4.72 Å². The van der Waals surface area contributed by atoms with Gasteiger partial charge in [-0.1, -0.05) is 17.7 Å². The zero-order chi connectivity index (χ0) is 14.9. The third-order valence-electron chi connectivity index (χ3n) is 2.68. The Hall–Kier alpha value is -1.83. The number of hydrogen-bond acceptors (Lipinski definition) is 4. The molecule has 0 unspecified atom stereocenters. The van der Waals surface area contributed by atoms with Crippen LogP contribution in [-0.2, 0) is 10.0 Å². The van der Waals surface area contributed by atoms with E-state index in [1.807, 2.05) is 11.4 Å². The molecule has 108 valence electrons. The molecular formula is C13H10ClN3O2S2. The standard InChI is InChI=1S/C13H10ClN3O2S2/c14-10-3-1-4-11(9-10)16-21(18,19)13-6-7-15-17(13)12-5-2-8-20-12/h1-9,16H. The van der Waals surface area contributed by atoms with E-state index in [9.17, 15) is 8.42 Å². The van der Waals surface area contributed by atoms with E-state index in [2.05, 4.69) is 9.82 Å². The van der Waals surface area contributed by atoms with Crippen LogP contribution in [0.3, 0.4) is 0 Å². The second kappa shape index (κ2) is 5.51. The minimum absolute atomic E-state index is 0.0740. The van der Waals surface area contributed by atoms with Crippen molar-refractivity contribution in [3.05, 3.63) is 59.1 Å². The summed E-state index contributed by atoms with van der Waals surface area (Å²) >= 11 is 7.27. The number of rotatable bonds is 4. The van der Waals surface area contributed by atoms with E-state index in [1.54, 1.807) is 30.3 Å². The lowest BCUT2D eigenvalue weighted by Gasteiger charge is -2.09. The Morgan fingerprint density at radius 2 is 2.05 bits per heavy atom. The molecule has 0 atom stereocenters. The predicted molar refractivity (Wildman–Crippen MR) is 83.7 cm³/mol.